The van der Waals surface area contributed by atoms with Crippen LogP contribution in [0, 0.1) is 0 Å². The fraction of sp³-hybridized carbons (Fsp3) is 0.100. The molecular formula is C20H20N4O3. The normalized spacial score (nSPS) is 11.1. The van der Waals surface area contributed by atoms with Crippen LogP contribution in [0.3, 0.4) is 0 Å². The smallest absolute Gasteiger partial charge is 0.291 e. The Labute approximate surface area is 156 Å². The summed E-state index contributed by atoms with van der Waals surface area (Å²) in [7, 11) is 1.61. The summed E-state index contributed by atoms with van der Waals surface area (Å²) in [5.41, 5.74) is 8.32. The molecule has 0 unspecified atom stereocenters. The van der Waals surface area contributed by atoms with Crippen molar-refractivity contribution in [3.8, 4) is 5.75 Å². The van der Waals surface area contributed by atoms with Gasteiger partial charge in [0.05, 0.1) is 19.9 Å². The third-order valence-corrected chi connectivity index (χ3v) is 3.72. The molecule has 0 aliphatic carbocycles. The van der Waals surface area contributed by atoms with Gasteiger partial charge in [0.25, 0.3) is 5.91 Å². The minimum Gasteiger partial charge on any atom is -0.497 e. The van der Waals surface area contributed by atoms with Gasteiger partial charge in [0.1, 0.15) is 5.75 Å². The summed E-state index contributed by atoms with van der Waals surface area (Å²) in [6.07, 6.45) is 1.46. The van der Waals surface area contributed by atoms with Gasteiger partial charge in [-0.2, -0.15) is 0 Å². The lowest BCUT2D eigenvalue weighted by atomic mass is 10.2. The molecule has 0 aliphatic rings. The van der Waals surface area contributed by atoms with Crippen molar-refractivity contribution >= 4 is 23.2 Å². The highest BCUT2D eigenvalue weighted by molar-refractivity contribution is 6.02. The number of nitrogens with zero attached hydrogens (tertiary/aromatic N) is 1. The molecule has 0 saturated heterocycles. The highest BCUT2D eigenvalue weighted by Crippen LogP contribution is 2.15. The van der Waals surface area contributed by atoms with Crippen LogP contribution >= 0.6 is 0 Å². The molecule has 0 atom stereocenters. The molecule has 0 bridgehead atoms. The van der Waals surface area contributed by atoms with Gasteiger partial charge in [-0.05, 0) is 54.1 Å². The summed E-state index contributed by atoms with van der Waals surface area (Å²) in [6.45, 7) is 0.374. The Bertz CT molecular complexity index is 919. The van der Waals surface area contributed by atoms with E-state index >= 15 is 0 Å². The van der Waals surface area contributed by atoms with Gasteiger partial charge >= 0.3 is 0 Å². The van der Waals surface area contributed by atoms with Crippen LogP contribution in [0.15, 0.2) is 76.3 Å². The number of aliphatic imine (C=N–C) groups is 1. The Hall–Kier alpha value is -3.74. The minimum atomic E-state index is -0.304. The molecule has 1 heterocycles. The highest BCUT2D eigenvalue weighted by atomic mass is 16.5. The first-order valence-corrected chi connectivity index (χ1v) is 8.29. The van der Waals surface area contributed by atoms with E-state index in [0.717, 1.165) is 17.0 Å². The number of nitrogens with one attached hydrogen (secondary N) is 2. The molecule has 27 heavy (non-hydrogen) atoms. The third kappa shape index (κ3) is 5.12. The minimum absolute atomic E-state index is 0.256. The number of furan rings is 1. The van der Waals surface area contributed by atoms with Gasteiger partial charge in [0.15, 0.2) is 11.7 Å². The van der Waals surface area contributed by atoms with Crippen molar-refractivity contribution in [1.82, 2.24) is 0 Å². The van der Waals surface area contributed by atoms with Crippen LogP contribution in [0.2, 0.25) is 0 Å². The lowest BCUT2D eigenvalue weighted by Crippen LogP contribution is -2.22. The fourth-order valence-electron chi connectivity index (χ4n) is 2.39. The van der Waals surface area contributed by atoms with Gasteiger partial charge < -0.3 is 25.5 Å². The molecule has 0 fully saturated rings. The maximum atomic E-state index is 12.0. The number of hydrogen-bond donors (Lipinski definition) is 3. The maximum absolute atomic E-state index is 12.0. The van der Waals surface area contributed by atoms with Crippen LogP contribution in [-0.4, -0.2) is 19.0 Å². The first-order chi connectivity index (χ1) is 13.1. The largest absolute Gasteiger partial charge is 0.497 e. The van der Waals surface area contributed by atoms with E-state index in [4.69, 9.17) is 14.9 Å². The lowest BCUT2D eigenvalue weighted by molar-refractivity contribution is 0.0996. The Kier molecular flexibility index (Phi) is 5.73. The predicted octanol–water partition coefficient (Wildman–Crippen LogP) is 3.47. The van der Waals surface area contributed by atoms with Crippen LogP contribution < -0.4 is 21.1 Å². The van der Waals surface area contributed by atoms with Crippen LogP contribution in [0.4, 0.5) is 11.4 Å². The molecule has 0 aliphatic heterocycles. The predicted molar refractivity (Wildman–Crippen MR) is 105 cm³/mol. The standard InChI is InChI=1S/C20H20N4O3/c1-26-17-9-7-15(8-10-17)24-20(21)22-13-14-4-2-5-16(12-14)23-19(25)18-6-3-11-27-18/h2-12H,13H2,1H3,(H,23,25)(H3,21,22,24). The first-order valence-electron chi connectivity index (χ1n) is 8.29. The molecule has 1 aromatic heterocycles. The molecule has 3 rings (SSSR count). The number of carbonyl (C=O) groups is 1. The molecule has 0 radical (unpaired) electrons. The monoisotopic (exact) mass is 364 g/mol. The number of methoxy groups -OCH3 is 1. The van der Waals surface area contributed by atoms with Crippen LogP contribution in [0.1, 0.15) is 16.1 Å². The van der Waals surface area contributed by atoms with Gasteiger partial charge in [-0.3, -0.25) is 4.79 Å². The van der Waals surface area contributed by atoms with E-state index in [1.165, 1.54) is 6.26 Å². The molecule has 7 nitrogen and oxygen atoms in total. The number of nitrogens with two attached hydrogens (primary N) is 1. The van der Waals surface area contributed by atoms with Crippen LogP contribution in [-0.2, 0) is 6.54 Å². The fourth-order valence-corrected chi connectivity index (χ4v) is 2.39. The number of rotatable bonds is 6. The summed E-state index contributed by atoms with van der Waals surface area (Å²) in [5, 5.41) is 5.80. The summed E-state index contributed by atoms with van der Waals surface area (Å²) >= 11 is 0. The molecular weight excluding hydrogens is 344 g/mol. The number of carbonyl (C=O) groups excluding carboxylic acids is 1. The third-order valence-electron chi connectivity index (χ3n) is 3.72. The Balaban J connectivity index is 1.59. The number of amides is 1. The van der Waals surface area contributed by atoms with Crippen LogP contribution in [0.5, 0.6) is 5.75 Å². The van der Waals surface area contributed by atoms with E-state index in [1.807, 2.05) is 42.5 Å². The molecule has 138 valence electrons. The van der Waals surface area contributed by atoms with E-state index in [-0.39, 0.29) is 11.7 Å². The highest BCUT2D eigenvalue weighted by Gasteiger charge is 2.08. The average molecular weight is 364 g/mol. The molecule has 4 N–H and O–H groups in total. The van der Waals surface area contributed by atoms with Crippen molar-refractivity contribution in [3.05, 3.63) is 78.3 Å². The quantitative estimate of drug-likeness (QED) is 0.459. The van der Waals surface area contributed by atoms with Crippen LogP contribution in [0.25, 0.3) is 0 Å². The molecule has 3 aromatic rings. The lowest BCUT2D eigenvalue weighted by Gasteiger charge is -2.08. The van der Waals surface area contributed by atoms with Gasteiger partial charge in [-0.15, -0.1) is 0 Å². The second kappa shape index (κ2) is 8.57. The Morgan fingerprint density at radius 1 is 1.07 bits per heavy atom. The molecule has 7 heteroatoms. The number of hydrogen-bond acceptors (Lipinski definition) is 4. The van der Waals surface area contributed by atoms with Crippen molar-refractivity contribution in [2.75, 3.05) is 17.7 Å². The number of anilines is 2. The van der Waals surface area contributed by atoms with Crippen molar-refractivity contribution in [2.45, 2.75) is 6.54 Å². The van der Waals surface area contributed by atoms with Crippen molar-refractivity contribution < 1.29 is 13.9 Å². The summed E-state index contributed by atoms with van der Waals surface area (Å²) in [5.74, 6) is 1.02. The van der Waals surface area contributed by atoms with E-state index in [1.54, 1.807) is 25.3 Å². The Morgan fingerprint density at radius 3 is 2.59 bits per heavy atom. The summed E-state index contributed by atoms with van der Waals surface area (Å²) < 4.78 is 10.2. The molecule has 0 spiro atoms. The van der Waals surface area contributed by atoms with Gasteiger partial charge in [0, 0.05) is 11.4 Å². The first kappa shape index (κ1) is 18.1. The molecule has 2 aromatic carbocycles. The van der Waals surface area contributed by atoms with Gasteiger partial charge in [-0.1, -0.05) is 12.1 Å². The summed E-state index contributed by atoms with van der Waals surface area (Å²) in [4.78, 5) is 16.4. The average Bonchev–Trinajstić information content (AvgIpc) is 3.22. The topological polar surface area (TPSA) is 102 Å². The van der Waals surface area contributed by atoms with Gasteiger partial charge in [-0.25, -0.2) is 4.99 Å². The molecule has 0 saturated carbocycles. The number of ether oxygens (including phenoxy) is 1. The zero-order chi connectivity index (χ0) is 19.1. The molecule has 1 amide bonds. The summed E-state index contributed by atoms with van der Waals surface area (Å²) in [6, 6.07) is 18.0. The maximum Gasteiger partial charge on any atom is 0.291 e. The van der Waals surface area contributed by atoms with Crippen molar-refractivity contribution in [2.24, 2.45) is 10.7 Å². The number of benzene rings is 2. The van der Waals surface area contributed by atoms with Crippen molar-refractivity contribution in [1.29, 1.82) is 0 Å². The second-order valence-corrected chi connectivity index (χ2v) is 5.69. The zero-order valence-corrected chi connectivity index (χ0v) is 14.8. The number of guanidine groups is 1. The second-order valence-electron chi connectivity index (χ2n) is 5.69. The van der Waals surface area contributed by atoms with E-state index in [2.05, 4.69) is 15.6 Å². The Morgan fingerprint density at radius 2 is 1.89 bits per heavy atom. The van der Waals surface area contributed by atoms with Crippen molar-refractivity contribution in [3.63, 3.8) is 0 Å². The van der Waals surface area contributed by atoms with E-state index in [0.29, 0.717) is 18.2 Å². The zero-order valence-electron chi connectivity index (χ0n) is 14.8. The van der Waals surface area contributed by atoms with E-state index < -0.39 is 0 Å². The van der Waals surface area contributed by atoms with Gasteiger partial charge in [0.2, 0.25) is 0 Å². The SMILES string of the molecule is COc1ccc(NC(N)=NCc2cccc(NC(=O)c3ccco3)c2)cc1. The van der Waals surface area contributed by atoms with E-state index in [9.17, 15) is 4.79 Å².